The van der Waals surface area contributed by atoms with E-state index in [2.05, 4.69) is 9.82 Å². The SMILES string of the molecule is COc1ccc(OC)c(S(=O)(=O)Nc2ccn(Cc3ccc(Cl)cc3Cl)n2)c1. The first-order valence-corrected chi connectivity index (χ1v) is 10.3. The topological polar surface area (TPSA) is 82.5 Å². The molecular weight excluding hydrogens is 425 g/mol. The molecule has 28 heavy (non-hydrogen) atoms. The first kappa shape index (κ1) is 20.3. The van der Waals surface area contributed by atoms with Crippen LogP contribution in [0.15, 0.2) is 53.6 Å². The molecule has 3 rings (SSSR count). The Balaban J connectivity index is 1.82. The predicted octanol–water partition coefficient (Wildman–Crippen LogP) is 4.06. The second-order valence-electron chi connectivity index (χ2n) is 5.76. The van der Waals surface area contributed by atoms with Crippen LogP contribution in [0.5, 0.6) is 11.5 Å². The lowest BCUT2D eigenvalue weighted by atomic mass is 10.2. The first-order valence-electron chi connectivity index (χ1n) is 8.04. The molecule has 0 saturated carbocycles. The van der Waals surface area contributed by atoms with E-state index in [1.54, 1.807) is 41.2 Å². The van der Waals surface area contributed by atoms with Gasteiger partial charge in [-0.3, -0.25) is 9.40 Å². The van der Waals surface area contributed by atoms with Crippen LogP contribution >= 0.6 is 23.2 Å². The molecule has 0 aliphatic rings. The third kappa shape index (κ3) is 4.52. The lowest BCUT2D eigenvalue weighted by Gasteiger charge is -2.11. The maximum absolute atomic E-state index is 12.8. The molecule has 0 atom stereocenters. The van der Waals surface area contributed by atoms with Crippen LogP contribution < -0.4 is 14.2 Å². The fourth-order valence-electron chi connectivity index (χ4n) is 2.52. The summed E-state index contributed by atoms with van der Waals surface area (Å²) in [4.78, 5) is -0.0513. The van der Waals surface area contributed by atoms with E-state index >= 15 is 0 Å². The average molecular weight is 442 g/mol. The summed E-state index contributed by atoms with van der Waals surface area (Å²) < 4.78 is 39.8. The number of hydrogen-bond donors (Lipinski definition) is 1. The Morgan fingerprint density at radius 3 is 2.54 bits per heavy atom. The van der Waals surface area contributed by atoms with E-state index < -0.39 is 10.0 Å². The van der Waals surface area contributed by atoms with Crippen molar-refractivity contribution < 1.29 is 17.9 Å². The van der Waals surface area contributed by atoms with Gasteiger partial charge in [0.25, 0.3) is 10.0 Å². The molecule has 1 N–H and O–H groups in total. The van der Waals surface area contributed by atoms with E-state index in [9.17, 15) is 8.42 Å². The number of halogens is 2. The fourth-order valence-corrected chi connectivity index (χ4v) is 4.17. The van der Waals surface area contributed by atoms with Crippen LogP contribution in [0.2, 0.25) is 10.0 Å². The summed E-state index contributed by atoms with van der Waals surface area (Å²) in [6.07, 6.45) is 1.64. The Hall–Kier alpha value is -2.42. The zero-order valence-electron chi connectivity index (χ0n) is 15.0. The lowest BCUT2D eigenvalue weighted by Crippen LogP contribution is -2.15. The lowest BCUT2D eigenvalue weighted by molar-refractivity contribution is 0.392. The molecule has 1 heterocycles. The molecule has 0 amide bonds. The van der Waals surface area contributed by atoms with Gasteiger partial charge in [-0.25, -0.2) is 8.42 Å². The zero-order valence-corrected chi connectivity index (χ0v) is 17.3. The molecule has 1 aromatic heterocycles. The normalized spacial score (nSPS) is 11.3. The van der Waals surface area contributed by atoms with Gasteiger partial charge in [0, 0.05) is 28.4 Å². The summed E-state index contributed by atoms with van der Waals surface area (Å²) >= 11 is 12.1. The summed E-state index contributed by atoms with van der Waals surface area (Å²) in [5, 5.41) is 5.28. The van der Waals surface area contributed by atoms with E-state index in [0.29, 0.717) is 22.3 Å². The van der Waals surface area contributed by atoms with Crippen LogP contribution in [0, 0.1) is 0 Å². The van der Waals surface area contributed by atoms with Crippen molar-refractivity contribution in [1.82, 2.24) is 9.78 Å². The number of anilines is 1. The molecule has 0 aliphatic carbocycles. The zero-order chi connectivity index (χ0) is 20.3. The number of hydrogen-bond acceptors (Lipinski definition) is 5. The van der Waals surface area contributed by atoms with Crippen LogP contribution in [0.25, 0.3) is 0 Å². The molecule has 7 nitrogen and oxygen atoms in total. The highest BCUT2D eigenvalue weighted by molar-refractivity contribution is 7.92. The Bertz CT molecular complexity index is 1100. The van der Waals surface area contributed by atoms with Crippen molar-refractivity contribution in [3.05, 3.63) is 64.3 Å². The smallest absolute Gasteiger partial charge is 0.266 e. The van der Waals surface area contributed by atoms with Gasteiger partial charge in [0.15, 0.2) is 5.82 Å². The molecule has 0 fully saturated rings. The molecule has 3 aromatic rings. The van der Waals surface area contributed by atoms with Gasteiger partial charge in [-0.1, -0.05) is 29.3 Å². The highest BCUT2D eigenvalue weighted by Gasteiger charge is 2.21. The third-order valence-electron chi connectivity index (χ3n) is 3.89. The Morgan fingerprint density at radius 1 is 1.07 bits per heavy atom. The number of nitrogens with one attached hydrogen (secondary N) is 1. The maximum Gasteiger partial charge on any atom is 0.266 e. The molecule has 2 aromatic carbocycles. The Labute approximate surface area is 172 Å². The van der Waals surface area contributed by atoms with E-state index in [1.165, 1.54) is 26.4 Å². The Morgan fingerprint density at radius 2 is 1.86 bits per heavy atom. The number of methoxy groups -OCH3 is 2. The fraction of sp³-hybridized carbons (Fsp3) is 0.167. The van der Waals surface area contributed by atoms with E-state index in [4.69, 9.17) is 32.7 Å². The minimum absolute atomic E-state index is 0.0513. The summed E-state index contributed by atoms with van der Waals surface area (Å²) in [5.74, 6) is 0.750. The third-order valence-corrected chi connectivity index (χ3v) is 5.85. The van der Waals surface area contributed by atoms with Gasteiger partial charge in [0.1, 0.15) is 16.4 Å². The molecule has 0 bridgehead atoms. The predicted molar refractivity (Wildman–Crippen MR) is 108 cm³/mol. The van der Waals surface area contributed by atoms with Gasteiger partial charge in [0.2, 0.25) is 0 Å². The Kier molecular flexibility index (Phi) is 6.02. The van der Waals surface area contributed by atoms with Crippen LogP contribution in [0.1, 0.15) is 5.56 Å². The highest BCUT2D eigenvalue weighted by atomic mass is 35.5. The van der Waals surface area contributed by atoms with Gasteiger partial charge in [-0.2, -0.15) is 5.10 Å². The van der Waals surface area contributed by atoms with Crippen molar-refractivity contribution in [2.24, 2.45) is 0 Å². The molecule has 148 valence electrons. The van der Waals surface area contributed by atoms with E-state index in [0.717, 1.165) is 5.56 Å². The summed E-state index contributed by atoms with van der Waals surface area (Å²) in [6.45, 7) is 0.361. The van der Waals surface area contributed by atoms with Gasteiger partial charge < -0.3 is 9.47 Å². The van der Waals surface area contributed by atoms with E-state index in [1.807, 2.05) is 0 Å². The number of nitrogens with zero attached hydrogens (tertiary/aromatic N) is 2. The molecule has 10 heteroatoms. The van der Waals surface area contributed by atoms with Gasteiger partial charge in [-0.15, -0.1) is 0 Å². The second-order valence-corrected chi connectivity index (χ2v) is 8.25. The van der Waals surface area contributed by atoms with Gasteiger partial charge in [0.05, 0.1) is 20.8 Å². The van der Waals surface area contributed by atoms with Crippen molar-refractivity contribution in [1.29, 1.82) is 0 Å². The number of aromatic nitrogens is 2. The number of benzene rings is 2. The second kappa shape index (κ2) is 8.30. The van der Waals surface area contributed by atoms with Crippen molar-refractivity contribution in [3.63, 3.8) is 0 Å². The molecule has 0 saturated heterocycles. The summed E-state index contributed by atoms with van der Waals surface area (Å²) in [5.41, 5.74) is 0.804. The van der Waals surface area contributed by atoms with Crippen LogP contribution in [0.4, 0.5) is 5.82 Å². The standard InChI is InChI=1S/C18H17Cl2N3O4S/c1-26-14-5-6-16(27-2)17(10-14)28(24,25)22-18-7-8-23(21-18)11-12-3-4-13(19)9-15(12)20/h3-10H,11H2,1-2H3,(H,21,22). The molecule has 0 unspecified atom stereocenters. The van der Waals surface area contributed by atoms with Gasteiger partial charge >= 0.3 is 0 Å². The molecule has 0 spiro atoms. The van der Waals surface area contributed by atoms with Crippen molar-refractivity contribution in [2.75, 3.05) is 18.9 Å². The van der Waals surface area contributed by atoms with Crippen molar-refractivity contribution >= 4 is 39.0 Å². The van der Waals surface area contributed by atoms with Crippen molar-refractivity contribution in [2.45, 2.75) is 11.4 Å². The summed E-state index contributed by atoms with van der Waals surface area (Å²) in [6, 6.07) is 11.2. The molecule has 0 radical (unpaired) electrons. The number of sulfonamides is 1. The molecule has 0 aliphatic heterocycles. The quantitative estimate of drug-likeness (QED) is 0.597. The van der Waals surface area contributed by atoms with Crippen LogP contribution in [-0.2, 0) is 16.6 Å². The van der Waals surface area contributed by atoms with Crippen LogP contribution in [-0.4, -0.2) is 32.4 Å². The minimum atomic E-state index is -3.94. The monoisotopic (exact) mass is 441 g/mol. The first-order chi connectivity index (χ1) is 13.3. The summed E-state index contributed by atoms with van der Waals surface area (Å²) in [7, 11) is -1.09. The van der Waals surface area contributed by atoms with E-state index in [-0.39, 0.29) is 16.5 Å². The number of ether oxygens (including phenoxy) is 2. The maximum atomic E-state index is 12.8. The number of rotatable bonds is 7. The largest absolute Gasteiger partial charge is 0.497 e. The highest BCUT2D eigenvalue weighted by Crippen LogP contribution is 2.29. The van der Waals surface area contributed by atoms with Gasteiger partial charge in [-0.05, 0) is 29.8 Å². The van der Waals surface area contributed by atoms with Crippen molar-refractivity contribution in [3.8, 4) is 11.5 Å². The molecular formula is C18H17Cl2N3O4S. The van der Waals surface area contributed by atoms with Crippen LogP contribution in [0.3, 0.4) is 0 Å². The minimum Gasteiger partial charge on any atom is -0.497 e. The average Bonchev–Trinajstić information content (AvgIpc) is 3.09.